The van der Waals surface area contributed by atoms with E-state index >= 15 is 0 Å². The molecule has 0 spiro atoms. The van der Waals surface area contributed by atoms with Crippen molar-refractivity contribution in [2.24, 2.45) is 0 Å². The minimum absolute atomic E-state index is 0. The van der Waals surface area contributed by atoms with Crippen LogP contribution in [0.5, 0.6) is 0 Å². The first-order valence-electron chi connectivity index (χ1n) is 48.8. The van der Waals surface area contributed by atoms with Crippen LogP contribution in [0.15, 0.2) is 508 Å². The molecule has 4 nitrogen and oxygen atoms in total. The van der Waals surface area contributed by atoms with Gasteiger partial charge < -0.3 is 19.1 Å². The average molecular weight is 1850 g/mol. The molecule has 656 valence electrons. The Labute approximate surface area is 834 Å². The van der Waals surface area contributed by atoms with Crippen LogP contribution in [0.1, 0.15) is 14.9 Å². The molecule has 21 aromatic carbocycles. The van der Waals surface area contributed by atoms with Crippen molar-refractivity contribution in [2.75, 3.05) is 0 Å². The molecule has 0 fully saturated rings. The summed E-state index contributed by atoms with van der Waals surface area (Å²) in [4.78, 5) is 8.29. The number of para-hydroxylation sites is 6. The molecule has 0 saturated heterocycles. The van der Waals surface area contributed by atoms with Gasteiger partial charge in [-0.25, -0.2) is 0 Å². The number of nitrogens with zero attached hydrogens (tertiary/aromatic N) is 2. The maximum absolute atomic E-state index is 4.14. The van der Waals surface area contributed by atoms with E-state index in [1.165, 1.54) is 207 Å². The number of fused-ring (bicyclic) bond motifs is 20. The van der Waals surface area contributed by atoms with Crippen LogP contribution in [0.3, 0.4) is 0 Å². The van der Waals surface area contributed by atoms with Crippen molar-refractivity contribution in [1.82, 2.24) is 19.1 Å². The molecule has 0 unspecified atom stereocenters. The Balaban J connectivity index is 0.000000139. The van der Waals surface area contributed by atoms with Gasteiger partial charge in [0.25, 0.3) is 0 Å². The lowest BCUT2D eigenvalue weighted by molar-refractivity contribution is 1.18. The van der Waals surface area contributed by atoms with Crippen molar-refractivity contribution < 1.29 is 0 Å². The lowest BCUT2D eigenvalue weighted by atomic mass is 9.20. The number of benzene rings is 21. The first-order chi connectivity index (χ1) is 69.1. The lowest BCUT2D eigenvalue weighted by Crippen LogP contribution is -2.76. The standard InChI is InChI=1S/C66H44B4N2.C54H36B4N2.C6H5Br.2CH4/c1-5-25-45(26-6-1)67-51-35-15-19-39-55(51)69(56-40-20-16-36-52(56)67)63-61-49-33-13-23-43-59(49)72(48-31-11-4-12-32-48)66(61)64(62-50-34-14-24-44-60(50)71(65(62)63)47-29-9-3-10-30-47)70-57-41-21-17-37-53(57)68(46-27-7-2-8-28-46)54-38-18-22-42-58(54)70;1-3-19-35(20-4-1)55-39-25-9-13-29-43(39)57(44-30-14-10-26-40(44)55)51-49-37-23-7-17-33-47(37)60-54(49)52(50-38-24-8-18-34-48(38)59-53(50)51)58-45-31-15-11-27-41(45)56(36-21-5-2-6-22-36)42-28-12-16-32-46(42)58;7-6-4-2-1-3-5-6;;/h1-44H;1-34,59-60H;1-5H;2*1H4. The van der Waals surface area contributed by atoms with Crippen LogP contribution in [0.2, 0.25) is 0 Å². The molecule has 0 amide bonds. The summed E-state index contributed by atoms with van der Waals surface area (Å²) in [6, 6.07) is 187. The van der Waals surface area contributed by atoms with Gasteiger partial charge >= 0.3 is 0 Å². The Hall–Kier alpha value is -16.2. The number of hydrogen-bond donors (Lipinski definition) is 2. The fourth-order valence-corrected chi connectivity index (χ4v) is 25.7. The summed E-state index contributed by atoms with van der Waals surface area (Å²) in [5, 5.41) is 10.2. The van der Waals surface area contributed by atoms with Gasteiger partial charge in [-0.3, -0.25) is 0 Å². The van der Waals surface area contributed by atoms with Crippen LogP contribution in [-0.4, -0.2) is 72.8 Å². The van der Waals surface area contributed by atoms with Crippen LogP contribution >= 0.6 is 15.9 Å². The Morgan fingerprint density at radius 3 is 0.603 bits per heavy atom. The Kier molecular flexibility index (Phi) is 22.1. The highest BCUT2D eigenvalue weighted by Gasteiger charge is 2.49. The summed E-state index contributed by atoms with van der Waals surface area (Å²) in [5.41, 5.74) is 44.3. The summed E-state index contributed by atoms with van der Waals surface area (Å²) in [6.07, 6.45) is 0. The van der Waals surface area contributed by atoms with E-state index in [0.717, 1.165) is 26.9 Å². The Bertz CT molecular complexity index is 8410. The zero-order chi connectivity index (χ0) is 91.7. The summed E-state index contributed by atoms with van der Waals surface area (Å²) in [5.74, 6) is 0. The van der Waals surface area contributed by atoms with Crippen molar-refractivity contribution in [1.29, 1.82) is 0 Å². The highest BCUT2D eigenvalue weighted by molar-refractivity contribution is 9.10. The molecule has 4 aliphatic heterocycles. The molecule has 0 atom stereocenters. The molecule has 4 aromatic heterocycles. The highest BCUT2D eigenvalue weighted by atomic mass is 79.9. The number of nitrogens with one attached hydrogen (secondary N) is 2. The van der Waals surface area contributed by atoms with Gasteiger partial charge in [0, 0.05) is 92.0 Å². The molecule has 2 N–H and O–H groups in total. The molecular formula is C128H93B8BrN4. The van der Waals surface area contributed by atoms with E-state index in [-0.39, 0.29) is 68.6 Å². The largest absolute Gasteiger partial charge is 0.355 e. The van der Waals surface area contributed by atoms with Crippen molar-refractivity contribution in [2.45, 2.75) is 14.9 Å². The van der Waals surface area contributed by atoms with E-state index in [9.17, 15) is 0 Å². The van der Waals surface area contributed by atoms with Crippen molar-refractivity contribution in [3.8, 4) is 11.4 Å². The lowest BCUT2D eigenvalue weighted by Gasteiger charge is -2.35. The minimum atomic E-state index is -0.119. The summed E-state index contributed by atoms with van der Waals surface area (Å²) >= 11 is 3.31. The fraction of sp³-hybridized carbons (Fsp3) is 0.0156. The summed E-state index contributed by atoms with van der Waals surface area (Å²) in [7, 11) is 0. The first-order valence-corrected chi connectivity index (χ1v) is 49.6. The third-order valence-electron chi connectivity index (χ3n) is 30.7. The first kappa shape index (κ1) is 86.4. The fourth-order valence-electron chi connectivity index (χ4n) is 25.4. The molecule has 0 saturated carbocycles. The van der Waals surface area contributed by atoms with Crippen molar-refractivity contribution in [3.05, 3.63) is 508 Å². The Morgan fingerprint density at radius 1 is 0.170 bits per heavy atom. The second kappa shape index (κ2) is 36.0. The van der Waals surface area contributed by atoms with Crippen molar-refractivity contribution in [3.63, 3.8) is 0 Å². The normalized spacial score (nSPS) is 12.6. The summed E-state index contributed by atoms with van der Waals surface area (Å²) < 4.78 is 6.38. The van der Waals surface area contributed by atoms with E-state index in [1.54, 1.807) is 0 Å². The predicted molar refractivity (Wildman–Crippen MR) is 622 cm³/mol. The van der Waals surface area contributed by atoms with Crippen LogP contribution in [-0.2, 0) is 0 Å². The zero-order valence-corrected chi connectivity index (χ0v) is 77.9. The average Bonchev–Trinajstić information content (AvgIpc) is 1.52. The molecule has 0 aliphatic carbocycles. The molecule has 29 rings (SSSR count). The highest BCUT2D eigenvalue weighted by Crippen LogP contribution is 2.40. The number of aromatic amines is 2. The van der Waals surface area contributed by atoms with E-state index in [0.29, 0.717) is 0 Å². The van der Waals surface area contributed by atoms with Crippen molar-refractivity contribution >= 4 is 288 Å². The number of hydrogen-bond acceptors (Lipinski definition) is 0. The van der Waals surface area contributed by atoms with Gasteiger partial charge in [-0.05, 0) is 82.5 Å². The van der Waals surface area contributed by atoms with Gasteiger partial charge in [0.15, 0.2) is 0 Å². The van der Waals surface area contributed by atoms with Gasteiger partial charge in [0.05, 0.1) is 11.0 Å². The number of rotatable bonds is 10. The van der Waals surface area contributed by atoms with Crippen LogP contribution < -0.4 is 131 Å². The molecule has 13 heteroatoms. The smallest absolute Gasteiger partial charge is 0.243 e. The van der Waals surface area contributed by atoms with Gasteiger partial charge in [-0.2, -0.15) is 0 Å². The Morgan fingerprint density at radius 2 is 0.362 bits per heavy atom. The molecule has 4 aliphatic rings. The SMILES string of the molecule is Brc1ccccc1.C.C.c1ccc(B2c3ccccc3B(c3c4[nH]c5ccccc5c4c(B4c5ccccc5B(c5ccccc5)c5ccccc54)c4[nH]c5ccccc5c34)c3ccccc32)cc1.c1ccc(B2c3ccccc3B(c3c4c5ccccc5n(-c5ccccc5)c4c(B4c5ccccc5B(c5ccccc5)c5ccccc54)c4c5ccccc5n(-c5ccccc5)c34)c3ccccc32)cc1. The molecule has 0 radical (unpaired) electrons. The molecule has 0 bridgehead atoms. The van der Waals surface area contributed by atoms with Gasteiger partial charge in [0.1, 0.15) is 0 Å². The number of aromatic nitrogens is 4. The second-order valence-corrected chi connectivity index (χ2v) is 38.7. The number of H-pyrrole nitrogens is 2. The zero-order valence-electron chi connectivity index (χ0n) is 76.3. The van der Waals surface area contributed by atoms with E-state index in [2.05, 4.69) is 508 Å². The number of halogens is 1. The second-order valence-electron chi connectivity index (χ2n) is 37.8. The third kappa shape index (κ3) is 13.9. The van der Waals surface area contributed by atoms with E-state index in [4.69, 9.17) is 0 Å². The molecule has 8 heterocycles. The molecule has 141 heavy (non-hydrogen) atoms. The van der Waals surface area contributed by atoms with E-state index in [1.807, 2.05) is 30.3 Å². The van der Waals surface area contributed by atoms with Crippen LogP contribution in [0.4, 0.5) is 0 Å². The minimum Gasteiger partial charge on any atom is -0.355 e. The third-order valence-corrected chi connectivity index (χ3v) is 31.2. The molecule has 25 aromatic rings. The van der Waals surface area contributed by atoms with Gasteiger partial charge in [0.2, 0.25) is 53.7 Å². The quantitative estimate of drug-likeness (QED) is 0.128. The predicted octanol–water partition coefficient (Wildman–Crippen LogP) is 13.9. The maximum atomic E-state index is 4.14. The van der Waals surface area contributed by atoms with Gasteiger partial charge in [-0.15, -0.1) is 0 Å². The summed E-state index contributed by atoms with van der Waals surface area (Å²) in [6.45, 7) is 0.168. The topological polar surface area (TPSA) is 41.4 Å². The maximum Gasteiger partial charge on any atom is 0.243 e. The monoisotopic (exact) mass is 1850 g/mol. The van der Waals surface area contributed by atoms with Crippen LogP contribution in [0, 0.1) is 0 Å². The van der Waals surface area contributed by atoms with Gasteiger partial charge in [-0.1, -0.05) is 583 Å². The molecular weight excluding hydrogens is 1760 g/mol. The van der Waals surface area contributed by atoms with Crippen LogP contribution in [0.25, 0.3) is 98.6 Å². The van der Waals surface area contributed by atoms with E-state index < -0.39 is 0 Å².